The summed E-state index contributed by atoms with van der Waals surface area (Å²) >= 11 is 0. The van der Waals surface area contributed by atoms with Crippen LogP contribution in [0.25, 0.3) is 0 Å². The van der Waals surface area contributed by atoms with Gasteiger partial charge in [-0.1, -0.05) is 114 Å². The molecule has 3 aliphatic rings. The number of rotatable bonds is 4. The first-order valence-corrected chi connectivity index (χ1v) is 17.0. The molecule has 0 aromatic heterocycles. The van der Waals surface area contributed by atoms with Crippen LogP contribution >= 0.6 is 14.8 Å². The van der Waals surface area contributed by atoms with Gasteiger partial charge in [0.25, 0.3) is 0 Å². The van der Waals surface area contributed by atoms with Crippen molar-refractivity contribution >= 4 is 19.8 Å². The number of hydrogen-bond donors (Lipinski definition) is 0. The van der Waals surface area contributed by atoms with Crippen molar-refractivity contribution in [3.8, 4) is 0 Å². The van der Waals surface area contributed by atoms with Gasteiger partial charge in [-0.25, -0.2) is 0 Å². The highest BCUT2D eigenvalue weighted by atomic mass is 31.2. The summed E-state index contributed by atoms with van der Waals surface area (Å²) in [5.74, 6) is 0. The molecule has 2 heteroatoms. The minimum absolute atomic E-state index is 0.100. The van der Waals surface area contributed by atoms with Gasteiger partial charge in [0.15, 0.2) is 0 Å². The first-order chi connectivity index (χ1) is 14.1. The van der Waals surface area contributed by atoms with Crippen LogP contribution in [0.15, 0.2) is 0 Å². The Kier molecular flexibility index (Phi) is 8.73. The van der Waals surface area contributed by atoms with Gasteiger partial charge >= 0.3 is 0 Å². The Bertz CT molecular complexity index is 519. The van der Waals surface area contributed by atoms with E-state index in [1.54, 1.807) is 38.5 Å². The summed E-state index contributed by atoms with van der Waals surface area (Å²) in [6, 6.07) is 0. The van der Waals surface area contributed by atoms with Crippen molar-refractivity contribution in [1.82, 2.24) is 0 Å². The van der Waals surface area contributed by atoms with Crippen LogP contribution in [0.4, 0.5) is 0 Å². The molecule has 30 heavy (non-hydrogen) atoms. The molecule has 3 saturated carbocycles. The zero-order valence-corrected chi connectivity index (χ0v) is 23.5. The summed E-state index contributed by atoms with van der Waals surface area (Å²) in [6.45, 7) is 17.2. The maximum atomic E-state index is 2.77. The van der Waals surface area contributed by atoms with E-state index < -0.39 is 6.89 Å². The SMILES string of the molecule is CC(P(C(C)(C)C)C(C)(C)C)=P(C1CCCCC1)(C1CCCCC1)C1CCCCC1. The van der Waals surface area contributed by atoms with E-state index in [4.69, 9.17) is 0 Å². The zero-order valence-electron chi connectivity index (χ0n) is 21.7. The van der Waals surface area contributed by atoms with Crippen LogP contribution in [0.3, 0.4) is 0 Å². The molecule has 3 aliphatic carbocycles. The molecule has 0 heterocycles. The van der Waals surface area contributed by atoms with Crippen LogP contribution in [0, 0.1) is 0 Å². The van der Waals surface area contributed by atoms with Crippen molar-refractivity contribution in [3.05, 3.63) is 0 Å². The van der Waals surface area contributed by atoms with Gasteiger partial charge in [0, 0.05) is 0 Å². The highest BCUT2D eigenvalue weighted by Gasteiger charge is 2.48. The van der Waals surface area contributed by atoms with Gasteiger partial charge in [-0.3, -0.25) is 0 Å². The van der Waals surface area contributed by atoms with Gasteiger partial charge in [-0.2, -0.15) is 0 Å². The molecule has 0 radical (unpaired) electrons. The van der Waals surface area contributed by atoms with E-state index in [1.165, 1.54) is 57.8 Å². The predicted molar refractivity (Wildman–Crippen MR) is 145 cm³/mol. The third-order valence-corrected chi connectivity index (χ3v) is 20.0. The van der Waals surface area contributed by atoms with Gasteiger partial charge in [-0.05, 0) is 77.8 Å². The van der Waals surface area contributed by atoms with Crippen molar-refractivity contribution in [3.63, 3.8) is 0 Å². The molecule has 0 N–H and O–H groups in total. The fourth-order valence-corrected chi connectivity index (χ4v) is 24.0. The van der Waals surface area contributed by atoms with Crippen LogP contribution in [-0.4, -0.2) is 32.3 Å². The molecule has 0 aliphatic heterocycles. The molecule has 3 rings (SSSR count). The van der Waals surface area contributed by atoms with E-state index in [2.05, 4.69) is 53.5 Å². The highest BCUT2D eigenvalue weighted by Crippen LogP contribution is 2.76. The monoisotopic (exact) mass is 452 g/mol. The Balaban J connectivity index is 2.27. The largest absolute Gasteiger partial charge is 0.0925 e. The number of hydrogen-bond acceptors (Lipinski definition) is 0. The van der Waals surface area contributed by atoms with Crippen LogP contribution < -0.4 is 0 Å². The Morgan fingerprint density at radius 2 is 0.800 bits per heavy atom. The second-order valence-electron chi connectivity index (χ2n) is 12.9. The molecule has 0 amide bonds. The third-order valence-electron chi connectivity index (χ3n) is 8.76. The van der Waals surface area contributed by atoms with Gasteiger partial charge < -0.3 is 0 Å². The summed E-state index contributed by atoms with van der Waals surface area (Å²) in [5.41, 5.74) is 3.27. The van der Waals surface area contributed by atoms with Crippen LogP contribution in [0.1, 0.15) is 145 Å². The molecular formula is C28H54P2. The Hall–Kier alpha value is 0.730. The molecular weight excluding hydrogens is 398 g/mol. The summed E-state index contributed by atoms with van der Waals surface area (Å²) in [5, 5.41) is 3.00. The van der Waals surface area contributed by atoms with Crippen LogP contribution in [0.2, 0.25) is 0 Å². The van der Waals surface area contributed by atoms with E-state index in [-0.39, 0.29) is 7.92 Å². The standard InChI is InChI=1S/C28H54P2/c1-23(29(27(2,3)4)28(5,6)7)30(24-17-11-8-12-18-24,25-19-13-9-14-20-25)26-21-15-10-16-22-26/h24-26H,8-22H2,1-7H3. The molecule has 3 fully saturated rings. The Morgan fingerprint density at radius 1 is 0.533 bits per heavy atom. The van der Waals surface area contributed by atoms with Crippen molar-refractivity contribution in [2.75, 3.05) is 0 Å². The van der Waals surface area contributed by atoms with Crippen LogP contribution in [-0.2, 0) is 0 Å². The summed E-state index contributed by atoms with van der Waals surface area (Å²) in [7, 11) is -0.100. The van der Waals surface area contributed by atoms with E-state index in [0.717, 1.165) is 17.0 Å². The average molecular weight is 453 g/mol. The molecule has 0 saturated heterocycles. The van der Waals surface area contributed by atoms with Gasteiger partial charge in [0.05, 0.1) is 0 Å². The smallest absolute Gasteiger partial charge is 0.0137 e. The summed E-state index contributed by atoms with van der Waals surface area (Å²) in [4.78, 5) is 0. The van der Waals surface area contributed by atoms with E-state index in [9.17, 15) is 0 Å². The predicted octanol–water partition coefficient (Wildman–Crippen LogP) is 10.2. The van der Waals surface area contributed by atoms with Gasteiger partial charge in [0.2, 0.25) is 0 Å². The average Bonchev–Trinajstić information content (AvgIpc) is 2.69. The maximum absolute atomic E-state index is 2.77. The lowest BCUT2D eigenvalue weighted by atomic mass is 9.99. The van der Waals surface area contributed by atoms with Crippen LogP contribution in [0.5, 0.6) is 0 Å². The molecule has 0 aromatic carbocycles. The van der Waals surface area contributed by atoms with E-state index in [0.29, 0.717) is 10.3 Å². The summed E-state index contributed by atoms with van der Waals surface area (Å²) < 4.78 is 0. The first-order valence-electron chi connectivity index (χ1n) is 13.6. The highest BCUT2D eigenvalue weighted by molar-refractivity contribution is 7.97. The minimum Gasteiger partial charge on any atom is -0.0925 e. The molecule has 0 bridgehead atoms. The van der Waals surface area contributed by atoms with E-state index >= 15 is 0 Å². The lowest BCUT2D eigenvalue weighted by molar-refractivity contribution is 0.458. The fraction of sp³-hybridized carbons (Fsp3) is 0.964. The molecule has 0 atom stereocenters. The Labute approximate surface area is 191 Å². The Morgan fingerprint density at radius 3 is 1.03 bits per heavy atom. The van der Waals surface area contributed by atoms with Crippen molar-refractivity contribution in [1.29, 1.82) is 0 Å². The van der Waals surface area contributed by atoms with Crippen molar-refractivity contribution in [2.45, 2.75) is 172 Å². The molecule has 0 spiro atoms. The topological polar surface area (TPSA) is 0 Å². The summed E-state index contributed by atoms with van der Waals surface area (Å²) in [6.07, 6.45) is 23.2. The quantitative estimate of drug-likeness (QED) is 0.372. The molecule has 0 nitrogen and oxygen atoms in total. The fourth-order valence-electron chi connectivity index (χ4n) is 8.36. The lowest BCUT2D eigenvalue weighted by Gasteiger charge is -2.55. The maximum Gasteiger partial charge on any atom is -0.0137 e. The third kappa shape index (κ3) is 5.27. The second kappa shape index (κ2) is 10.3. The first kappa shape index (κ1) is 25.4. The van der Waals surface area contributed by atoms with Gasteiger partial charge in [0.1, 0.15) is 0 Å². The lowest BCUT2D eigenvalue weighted by Crippen LogP contribution is -2.37. The second-order valence-corrected chi connectivity index (χ2v) is 21.8. The van der Waals surface area contributed by atoms with E-state index in [1.807, 2.05) is 0 Å². The molecule has 0 aromatic rings. The van der Waals surface area contributed by atoms with Gasteiger partial charge in [-0.15, -0.1) is 0 Å². The van der Waals surface area contributed by atoms with Crippen molar-refractivity contribution in [2.24, 2.45) is 0 Å². The minimum atomic E-state index is -1.12. The molecule has 176 valence electrons. The molecule has 0 unspecified atom stereocenters. The van der Waals surface area contributed by atoms with Crippen molar-refractivity contribution < 1.29 is 0 Å². The zero-order chi connectivity index (χ0) is 22.0. The normalized spacial score (nSPS) is 24.4.